The summed E-state index contributed by atoms with van der Waals surface area (Å²) in [4.78, 5) is 37.7. The van der Waals surface area contributed by atoms with Crippen LogP contribution in [0.1, 0.15) is 56.1 Å². The molecule has 0 aromatic heterocycles. The van der Waals surface area contributed by atoms with Crippen molar-refractivity contribution in [3.8, 4) is 11.1 Å². The number of benzene rings is 2. The minimum Gasteiger partial charge on any atom is -0.480 e. The molecule has 0 spiro atoms. The first kappa shape index (κ1) is 24.7. The van der Waals surface area contributed by atoms with Crippen molar-refractivity contribution in [2.24, 2.45) is 5.92 Å². The summed E-state index contributed by atoms with van der Waals surface area (Å²) in [5, 5.41) is 23.9. The second kappa shape index (κ2) is 10.5. The van der Waals surface area contributed by atoms with Crippen LogP contribution in [0.2, 0.25) is 0 Å². The van der Waals surface area contributed by atoms with Gasteiger partial charge in [0, 0.05) is 18.9 Å². The second-order valence-corrected chi connectivity index (χ2v) is 9.61. The van der Waals surface area contributed by atoms with Crippen molar-refractivity contribution in [3.63, 3.8) is 0 Å². The molecule has 0 saturated heterocycles. The number of hydrogen-bond acceptors (Lipinski definition) is 5. The van der Waals surface area contributed by atoms with Crippen LogP contribution in [0.25, 0.3) is 11.1 Å². The van der Waals surface area contributed by atoms with Gasteiger partial charge in [0.1, 0.15) is 18.2 Å². The van der Waals surface area contributed by atoms with Crippen molar-refractivity contribution in [3.05, 3.63) is 59.7 Å². The van der Waals surface area contributed by atoms with Gasteiger partial charge in [0.2, 0.25) is 5.91 Å². The van der Waals surface area contributed by atoms with E-state index in [2.05, 4.69) is 22.8 Å². The van der Waals surface area contributed by atoms with Gasteiger partial charge in [-0.25, -0.2) is 9.59 Å². The summed E-state index contributed by atoms with van der Waals surface area (Å²) < 4.78 is 5.67. The van der Waals surface area contributed by atoms with Gasteiger partial charge < -0.3 is 25.6 Å². The van der Waals surface area contributed by atoms with Crippen LogP contribution in [0, 0.1) is 5.92 Å². The Morgan fingerprint density at radius 1 is 1.09 bits per heavy atom. The fourth-order valence-corrected chi connectivity index (χ4v) is 5.44. The fourth-order valence-electron chi connectivity index (χ4n) is 5.44. The lowest BCUT2D eigenvalue weighted by Gasteiger charge is -2.39. The van der Waals surface area contributed by atoms with Gasteiger partial charge in [-0.2, -0.15) is 0 Å². The van der Waals surface area contributed by atoms with Crippen LogP contribution in [0.15, 0.2) is 48.5 Å². The van der Waals surface area contributed by atoms with E-state index >= 15 is 0 Å². The van der Waals surface area contributed by atoms with E-state index in [4.69, 9.17) is 9.84 Å². The van der Waals surface area contributed by atoms with Crippen molar-refractivity contribution in [2.45, 2.75) is 56.5 Å². The Labute approximate surface area is 204 Å². The lowest BCUT2D eigenvalue weighted by molar-refractivity contribution is -0.143. The predicted molar refractivity (Wildman–Crippen MR) is 130 cm³/mol. The molecule has 0 heterocycles. The summed E-state index contributed by atoms with van der Waals surface area (Å²) >= 11 is 0. The van der Waals surface area contributed by atoms with Gasteiger partial charge in [-0.3, -0.25) is 4.79 Å². The number of aliphatic hydroxyl groups excluding tert-OH is 1. The summed E-state index contributed by atoms with van der Waals surface area (Å²) in [7, 11) is 0. The molecule has 2 amide bonds. The lowest BCUT2D eigenvalue weighted by Crippen LogP contribution is -2.63. The molecule has 2 aliphatic carbocycles. The highest BCUT2D eigenvalue weighted by molar-refractivity contribution is 5.93. The number of aliphatic hydroxyl groups is 1. The van der Waals surface area contributed by atoms with Crippen molar-refractivity contribution in [2.75, 3.05) is 13.2 Å². The average Bonchev–Trinajstić information content (AvgIpc) is 3.16. The first-order valence-corrected chi connectivity index (χ1v) is 12.1. The Kier molecular flexibility index (Phi) is 7.40. The molecule has 35 heavy (non-hydrogen) atoms. The van der Waals surface area contributed by atoms with E-state index in [-0.39, 0.29) is 31.5 Å². The average molecular weight is 481 g/mol. The highest BCUT2D eigenvalue weighted by Crippen LogP contribution is 2.44. The molecule has 4 rings (SSSR count). The van der Waals surface area contributed by atoms with Gasteiger partial charge in [-0.15, -0.1) is 0 Å². The number of rotatable bonds is 8. The van der Waals surface area contributed by atoms with Gasteiger partial charge in [-0.05, 0) is 41.0 Å². The quantitative estimate of drug-likeness (QED) is 0.459. The maximum Gasteiger partial charge on any atom is 0.408 e. The molecule has 2 aromatic carbocycles. The zero-order chi connectivity index (χ0) is 25.0. The van der Waals surface area contributed by atoms with Crippen LogP contribution in [0.3, 0.4) is 0 Å². The number of carbonyl (C=O) groups excluding carboxylic acids is 2. The van der Waals surface area contributed by atoms with Crippen molar-refractivity contribution >= 4 is 18.0 Å². The smallest absolute Gasteiger partial charge is 0.408 e. The highest BCUT2D eigenvalue weighted by Gasteiger charge is 2.45. The summed E-state index contributed by atoms with van der Waals surface area (Å²) in [6.07, 6.45) is 1.59. The van der Waals surface area contributed by atoms with Crippen LogP contribution in [0.5, 0.6) is 0 Å². The van der Waals surface area contributed by atoms with E-state index in [9.17, 15) is 19.5 Å². The molecule has 4 N–H and O–H groups in total. The molecule has 1 saturated carbocycles. The van der Waals surface area contributed by atoms with E-state index < -0.39 is 29.6 Å². The zero-order valence-electron chi connectivity index (χ0n) is 19.8. The molecule has 0 aliphatic heterocycles. The van der Waals surface area contributed by atoms with Crippen molar-refractivity contribution in [1.29, 1.82) is 0 Å². The zero-order valence-corrected chi connectivity index (χ0v) is 19.8. The molecule has 2 aromatic rings. The molecule has 186 valence electrons. The number of carbonyl (C=O) groups is 3. The van der Waals surface area contributed by atoms with E-state index in [1.807, 2.05) is 43.3 Å². The van der Waals surface area contributed by atoms with Crippen molar-refractivity contribution < 1.29 is 29.3 Å². The van der Waals surface area contributed by atoms with Crippen molar-refractivity contribution in [1.82, 2.24) is 10.6 Å². The number of nitrogens with one attached hydrogen (secondary N) is 2. The SMILES string of the molecule is CC1CCCC(NC(=O)OCC2c3ccccc3-c3ccccc32)(C(=O)N[C@@H](CCO)C(=O)O)C1. The van der Waals surface area contributed by atoms with E-state index in [0.29, 0.717) is 12.8 Å². The van der Waals surface area contributed by atoms with Crippen LogP contribution in [-0.4, -0.2) is 53.0 Å². The molecule has 8 nitrogen and oxygen atoms in total. The van der Waals surface area contributed by atoms with Gasteiger partial charge in [0.15, 0.2) is 0 Å². The monoisotopic (exact) mass is 480 g/mol. The number of carboxylic acids is 1. The summed E-state index contributed by atoms with van der Waals surface area (Å²) in [6.45, 7) is 1.75. The topological polar surface area (TPSA) is 125 Å². The number of ether oxygens (including phenoxy) is 1. The Balaban J connectivity index is 1.48. The molecule has 1 fully saturated rings. The Morgan fingerprint density at radius 2 is 1.71 bits per heavy atom. The lowest BCUT2D eigenvalue weighted by atomic mass is 9.75. The minimum atomic E-state index is -1.26. The molecule has 2 aliphatic rings. The standard InChI is InChI=1S/C27H32N2O6/c1-17-7-6-13-27(15-17,25(33)28-23(12-14-30)24(31)32)29-26(34)35-16-22-20-10-4-2-8-18(20)19-9-3-5-11-21(19)22/h2-5,8-11,17,22-23,30H,6-7,12-16H2,1H3,(H,28,33)(H,29,34)(H,31,32)/t17?,23-,27?/m0/s1. The largest absolute Gasteiger partial charge is 0.480 e. The van der Waals surface area contributed by atoms with E-state index in [1.165, 1.54) is 0 Å². The van der Waals surface area contributed by atoms with Crippen LogP contribution in [0.4, 0.5) is 4.79 Å². The Hall–Kier alpha value is -3.39. The Bertz CT molecular complexity index is 1060. The number of fused-ring (bicyclic) bond motifs is 3. The third-order valence-electron chi connectivity index (χ3n) is 7.14. The van der Waals surface area contributed by atoms with Gasteiger partial charge in [-0.1, -0.05) is 68.3 Å². The summed E-state index contributed by atoms with van der Waals surface area (Å²) in [5.41, 5.74) is 3.17. The molecule has 0 radical (unpaired) electrons. The molecule has 8 heteroatoms. The summed E-state index contributed by atoms with van der Waals surface area (Å²) in [6, 6.07) is 14.9. The number of aliphatic carboxylic acids is 1. The minimum absolute atomic E-state index is 0.107. The van der Waals surface area contributed by atoms with E-state index in [1.54, 1.807) is 0 Å². The van der Waals surface area contributed by atoms with Crippen LogP contribution >= 0.6 is 0 Å². The normalized spacial score (nSPS) is 21.9. The fraction of sp³-hybridized carbons (Fsp3) is 0.444. The number of carboxylic acid groups (broad SMARTS) is 1. The maximum absolute atomic E-state index is 13.3. The van der Waals surface area contributed by atoms with Gasteiger partial charge in [0.25, 0.3) is 0 Å². The number of hydrogen-bond donors (Lipinski definition) is 4. The first-order chi connectivity index (χ1) is 16.8. The third-order valence-corrected chi connectivity index (χ3v) is 7.14. The number of alkyl carbamates (subject to hydrolysis) is 1. The molecule has 3 atom stereocenters. The van der Waals surface area contributed by atoms with E-state index in [0.717, 1.165) is 35.1 Å². The van der Waals surface area contributed by atoms with Gasteiger partial charge >= 0.3 is 12.1 Å². The highest BCUT2D eigenvalue weighted by atomic mass is 16.5. The van der Waals surface area contributed by atoms with Crippen LogP contribution in [-0.2, 0) is 14.3 Å². The summed E-state index contributed by atoms with van der Waals surface area (Å²) in [5.74, 6) is -1.72. The number of amides is 2. The Morgan fingerprint density at radius 3 is 2.29 bits per heavy atom. The maximum atomic E-state index is 13.3. The second-order valence-electron chi connectivity index (χ2n) is 9.61. The molecular formula is C27H32N2O6. The third kappa shape index (κ3) is 5.17. The van der Waals surface area contributed by atoms with Gasteiger partial charge in [0.05, 0.1) is 0 Å². The van der Waals surface area contributed by atoms with Crippen LogP contribution < -0.4 is 10.6 Å². The molecular weight excluding hydrogens is 448 g/mol. The molecule has 0 bridgehead atoms. The first-order valence-electron chi connectivity index (χ1n) is 12.1. The predicted octanol–water partition coefficient (Wildman–Crippen LogP) is 3.43. The molecule has 2 unspecified atom stereocenters.